The minimum Gasteiger partial charge on any atom is -0.352 e. The predicted molar refractivity (Wildman–Crippen MR) is 97.3 cm³/mol. The van der Waals surface area contributed by atoms with Crippen molar-refractivity contribution in [3.05, 3.63) is 48.0 Å². The lowest BCUT2D eigenvalue weighted by Gasteiger charge is -2.26. The summed E-state index contributed by atoms with van der Waals surface area (Å²) in [6.07, 6.45) is 1.71. The predicted octanol–water partition coefficient (Wildman–Crippen LogP) is 2.21. The van der Waals surface area contributed by atoms with Gasteiger partial charge in [-0.1, -0.05) is 42.5 Å². The molecule has 0 aliphatic carbocycles. The molecule has 24 heavy (non-hydrogen) atoms. The van der Waals surface area contributed by atoms with Crippen LogP contribution in [0.4, 0.5) is 0 Å². The molecule has 2 aromatic rings. The molecule has 0 radical (unpaired) electrons. The fourth-order valence-corrected chi connectivity index (χ4v) is 3.70. The average Bonchev–Trinajstić information content (AvgIpc) is 2.44. The van der Waals surface area contributed by atoms with Crippen LogP contribution in [0.3, 0.4) is 0 Å². The lowest BCUT2D eigenvalue weighted by Crippen LogP contribution is -2.56. The molecule has 6 heteroatoms. The second-order valence-corrected chi connectivity index (χ2v) is 8.51. The zero-order valence-electron chi connectivity index (χ0n) is 14.5. The molecule has 2 N–H and O–H groups in total. The van der Waals surface area contributed by atoms with Crippen molar-refractivity contribution < 1.29 is 13.2 Å². The Morgan fingerprint density at radius 2 is 1.75 bits per heavy atom. The fraction of sp³-hybridized carbons (Fsp3) is 0.389. The highest BCUT2D eigenvalue weighted by Gasteiger charge is 2.31. The molecule has 0 heterocycles. The van der Waals surface area contributed by atoms with E-state index in [1.165, 1.54) is 5.39 Å². The summed E-state index contributed by atoms with van der Waals surface area (Å²) in [5, 5.41) is 5.21. The van der Waals surface area contributed by atoms with Gasteiger partial charge in [-0.25, -0.2) is 13.1 Å². The summed E-state index contributed by atoms with van der Waals surface area (Å²) < 4.78 is 25.1. The van der Waals surface area contributed by atoms with Crippen molar-refractivity contribution in [1.82, 2.24) is 10.0 Å². The molecule has 0 bridgehead atoms. The summed E-state index contributed by atoms with van der Waals surface area (Å²) in [5.74, 6) is -0.346. The van der Waals surface area contributed by atoms with Crippen LogP contribution in [0.2, 0.25) is 0 Å². The minimum atomic E-state index is -3.46. The zero-order valence-corrected chi connectivity index (χ0v) is 15.3. The number of hydrogen-bond acceptors (Lipinski definition) is 3. The summed E-state index contributed by atoms with van der Waals surface area (Å²) in [4.78, 5) is 12.3. The Hall–Kier alpha value is -1.92. The van der Waals surface area contributed by atoms with Crippen molar-refractivity contribution in [2.75, 3.05) is 6.26 Å². The van der Waals surface area contributed by atoms with Crippen LogP contribution in [0, 0.1) is 0 Å². The highest BCUT2D eigenvalue weighted by Crippen LogP contribution is 2.17. The number of carbonyl (C=O) groups excluding carboxylic acids is 1. The lowest BCUT2D eigenvalue weighted by molar-refractivity contribution is -0.126. The molecular weight excluding hydrogens is 324 g/mol. The van der Waals surface area contributed by atoms with E-state index in [1.807, 2.05) is 25.1 Å². The first-order chi connectivity index (χ1) is 11.1. The molecule has 0 saturated carbocycles. The quantitative estimate of drug-likeness (QED) is 0.840. The van der Waals surface area contributed by atoms with Gasteiger partial charge in [0.2, 0.25) is 15.9 Å². The third kappa shape index (κ3) is 5.04. The van der Waals surface area contributed by atoms with E-state index >= 15 is 0 Å². The van der Waals surface area contributed by atoms with Crippen LogP contribution in [0.5, 0.6) is 0 Å². The molecule has 0 spiro atoms. The topological polar surface area (TPSA) is 75.3 Å². The molecule has 130 valence electrons. The van der Waals surface area contributed by atoms with Crippen LogP contribution in [-0.2, 0) is 21.2 Å². The van der Waals surface area contributed by atoms with Gasteiger partial charge in [0.1, 0.15) is 5.54 Å². The molecule has 0 saturated heterocycles. The first-order valence-electron chi connectivity index (χ1n) is 7.84. The summed E-state index contributed by atoms with van der Waals surface area (Å²) in [5.41, 5.74) is -0.0685. The standard InChI is InChI=1S/C18H24N2O3S/c1-13(19-17(21)18(2,3)20-24(4,22)23)11-14-9-10-15-7-5-6-8-16(15)12-14/h5-10,12-13,20H,11H2,1-4H3,(H,19,21). The van der Waals surface area contributed by atoms with Crippen molar-refractivity contribution in [3.63, 3.8) is 0 Å². The number of rotatable bonds is 6. The first-order valence-corrected chi connectivity index (χ1v) is 9.73. The zero-order chi connectivity index (χ0) is 18.0. The number of benzene rings is 2. The van der Waals surface area contributed by atoms with Crippen molar-refractivity contribution in [1.29, 1.82) is 0 Å². The second kappa shape index (κ2) is 6.91. The second-order valence-electron chi connectivity index (χ2n) is 6.76. The van der Waals surface area contributed by atoms with Crippen LogP contribution >= 0.6 is 0 Å². The number of amides is 1. The fourth-order valence-electron chi connectivity index (χ4n) is 2.68. The van der Waals surface area contributed by atoms with Crippen LogP contribution in [0.1, 0.15) is 26.3 Å². The number of carbonyl (C=O) groups is 1. The summed E-state index contributed by atoms with van der Waals surface area (Å²) in [6, 6.07) is 14.2. The van der Waals surface area contributed by atoms with Crippen LogP contribution in [0.15, 0.2) is 42.5 Å². The highest BCUT2D eigenvalue weighted by molar-refractivity contribution is 7.88. The van der Waals surface area contributed by atoms with Crippen LogP contribution < -0.4 is 10.0 Å². The largest absolute Gasteiger partial charge is 0.352 e. The molecule has 0 aliphatic rings. The van der Waals surface area contributed by atoms with Gasteiger partial charge >= 0.3 is 0 Å². The molecule has 1 unspecified atom stereocenters. The van der Waals surface area contributed by atoms with Gasteiger partial charge in [-0.2, -0.15) is 0 Å². The Balaban J connectivity index is 2.03. The average molecular weight is 348 g/mol. The van der Waals surface area contributed by atoms with Crippen molar-refractivity contribution in [2.24, 2.45) is 0 Å². The maximum absolute atomic E-state index is 12.3. The van der Waals surface area contributed by atoms with Gasteiger partial charge in [0, 0.05) is 6.04 Å². The van der Waals surface area contributed by atoms with E-state index in [0.29, 0.717) is 6.42 Å². The van der Waals surface area contributed by atoms with Gasteiger partial charge < -0.3 is 5.32 Å². The molecule has 5 nitrogen and oxygen atoms in total. The van der Waals surface area contributed by atoms with E-state index in [9.17, 15) is 13.2 Å². The first kappa shape index (κ1) is 18.4. The Morgan fingerprint density at radius 1 is 1.12 bits per heavy atom. The Morgan fingerprint density at radius 3 is 2.38 bits per heavy atom. The summed E-state index contributed by atoms with van der Waals surface area (Å²) in [7, 11) is -3.46. The molecule has 1 amide bonds. The van der Waals surface area contributed by atoms with E-state index in [4.69, 9.17) is 0 Å². The molecule has 0 aromatic heterocycles. The van der Waals surface area contributed by atoms with Gasteiger partial charge in [0.15, 0.2) is 0 Å². The SMILES string of the molecule is CC(Cc1ccc2ccccc2c1)NC(=O)C(C)(C)NS(C)(=O)=O. The Kier molecular flexibility index (Phi) is 5.30. The van der Waals surface area contributed by atoms with Crippen molar-refractivity contribution in [3.8, 4) is 0 Å². The van der Waals surface area contributed by atoms with E-state index in [2.05, 4.69) is 34.3 Å². The molecule has 1 atom stereocenters. The maximum atomic E-state index is 12.3. The maximum Gasteiger partial charge on any atom is 0.240 e. The smallest absolute Gasteiger partial charge is 0.240 e. The molecule has 0 aliphatic heterocycles. The molecule has 2 aromatic carbocycles. The third-order valence-electron chi connectivity index (χ3n) is 3.74. The van der Waals surface area contributed by atoms with Crippen molar-refractivity contribution in [2.45, 2.75) is 38.8 Å². The van der Waals surface area contributed by atoms with E-state index in [0.717, 1.165) is 17.2 Å². The van der Waals surface area contributed by atoms with Crippen molar-refractivity contribution >= 4 is 26.7 Å². The normalized spacial score (nSPS) is 13.7. The molecular formula is C18H24N2O3S. The molecule has 0 fully saturated rings. The summed E-state index contributed by atoms with van der Waals surface area (Å²) >= 11 is 0. The van der Waals surface area contributed by atoms with Crippen LogP contribution in [0.25, 0.3) is 10.8 Å². The highest BCUT2D eigenvalue weighted by atomic mass is 32.2. The lowest BCUT2D eigenvalue weighted by atomic mass is 10.0. The van der Waals surface area contributed by atoms with Gasteiger partial charge in [0.25, 0.3) is 0 Å². The number of fused-ring (bicyclic) bond motifs is 1. The number of sulfonamides is 1. The number of nitrogens with one attached hydrogen (secondary N) is 2. The minimum absolute atomic E-state index is 0.112. The van der Waals surface area contributed by atoms with E-state index in [1.54, 1.807) is 13.8 Å². The Labute approximate surface area is 143 Å². The number of hydrogen-bond donors (Lipinski definition) is 2. The van der Waals surface area contributed by atoms with Crippen LogP contribution in [-0.4, -0.2) is 32.2 Å². The van der Waals surface area contributed by atoms with Gasteiger partial charge in [0.05, 0.1) is 6.26 Å². The van der Waals surface area contributed by atoms with Gasteiger partial charge in [-0.3, -0.25) is 4.79 Å². The van der Waals surface area contributed by atoms with Gasteiger partial charge in [-0.05, 0) is 43.5 Å². The monoisotopic (exact) mass is 348 g/mol. The van der Waals surface area contributed by atoms with E-state index in [-0.39, 0.29) is 11.9 Å². The summed E-state index contributed by atoms with van der Waals surface area (Å²) in [6.45, 7) is 5.00. The third-order valence-corrected chi connectivity index (χ3v) is 4.62. The van der Waals surface area contributed by atoms with Gasteiger partial charge in [-0.15, -0.1) is 0 Å². The van der Waals surface area contributed by atoms with E-state index < -0.39 is 15.6 Å². The Bertz CT molecular complexity index is 844. The molecule has 2 rings (SSSR count).